The zero-order valence-electron chi connectivity index (χ0n) is 19.0. The summed E-state index contributed by atoms with van der Waals surface area (Å²) in [6.45, 7) is 6.71. The van der Waals surface area contributed by atoms with Gasteiger partial charge in [-0.2, -0.15) is 0 Å². The summed E-state index contributed by atoms with van der Waals surface area (Å²) < 4.78 is 21.1. The molecular weight excluding hydrogens is 371 g/mol. The van der Waals surface area contributed by atoms with Gasteiger partial charge in [0.2, 0.25) is 0 Å². The van der Waals surface area contributed by atoms with Crippen LogP contribution in [-0.2, 0) is 17.6 Å². The summed E-state index contributed by atoms with van der Waals surface area (Å²) in [5.74, 6) is 2.79. The third-order valence-electron chi connectivity index (χ3n) is 8.32. The molecule has 1 aromatic carbocycles. The van der Waals surface area contributed by atoms with E-state index in [2.05, 4.69) is 19.6 Å². The number of fused-ring (bicyclic) bond motifs is 2. The second-order valence-electron chi connectivity index (χ2n) is 10.3. The van der Waals surface area contributed by atoms with Crippen molar-refractivity contribution in [1.82, 2.24) is 0 Å². The predicted molar refractivity (Wildman–Crippen MR) is 123 cm³/mol. The molecule has 0 heterocycles. The first kappa shape index (κ1) is 22.1. The molecular formula is C28H41FO. The number of benzene rings is 1. The van der Waals surface area contributed by atoms with Crippen molar-refractivity contribution >= 4 is 0 Å². The van der Waals surface area contributed by atoms with Gasteiger partial charge in [0, 0.05) is 0 Å². The molecule has 1 aromatic rings. The maximum Gasteiger partial charge on any atom is 0.126 e. The van der Waals surface area contributed by atoms with Gasteiger partial charge >= 0.3 is 0 Å². The fraction of sp³-hybridized carbons (Fsp3) is 0.714. The lowest BCUT2D eigenvalue weighted by Gasteiger charge is -2.42. The third-order valence-corrected chi connectivity index (χ3v) is 8.32. The van der Waals surface area contributed by atoms with Crippen molar-refractivity contribution in [1.29, 1.82) is 0 Å². The molecule has 0 radical (unpaired) electrons. The van der Waals surface area contributed by atoms with Gasteiger partial charge in [-0.1, -0.05) is 44.7 Å². The van der Waals surface area contributed by atoms with Gasteiger partial charge in [0.25, 0.3) is 0 Å². The number of hydrogen-bond acceptors (Lipinski definition) is 1. The molecule has 2 saturated carbocycles. The van der Waals surface area contributed by atoms with Gasteiger partial charge < -0.3 is 4.74 Å². The monoisotopic (exact) mass is 412 g/mol. The van der Waals surface area contributed by atoms with Crippen LogP contribution in [-0.4, -0.2) is 12.7 Å². The Balaban J connectivity index is 1.37. The molecule has 0 saturated heterocycles. The Bertz CT molecular complexity index is 711. The van der Waals surface area contributed by atoms with Crippen LogP contribution in [0.15, 0.2) is 24.8 Å². The highest BCUT2D eigenvalue weighted by atomic mass is 19.1. The summed E-state index contributed by atoms with van der Waals surface area (Å²) in [7, 11) is 0. The normalized spacial score (nSPS) is 31.1. The highest BCUT2D eigenvalue weighted by molar-refractivity contribution is 5.37. The maximum absolute atomic E-state index is 15.2. The molecule has 0 spiro atoms. The molecule has 0 amide bonds. The summed E-state index contributed by atoms with van der Waals surface area (Å²) >= 11 is 0. The third kappa shape index (κ3) is 5.18. The Morgan fingerprint density at radius 1 is 1.03 bits per heavy atom. The van der Waals surface area contributed by atoms with Crippen molar-refractivity contribution in [3.8, 4) is 0 Å². The van der Waals surface area contributed by atoms with Crippen LogP contribution >= 0.6 is 0 Å². The Labute approximate surface area is 183 Å². The summed E-state index contributed by atoms with van der Waals surface area (Å²) in [6, 6.07) is 4.19. The molecule has 0 aromatic heterocycles. The quantitative estimate of drug-likeness (QED) is 0.313. The van der Waals surface area contributed by atoms with Gasteiger partial charge in [0.1, 0.15) is 5.82 Å². The molecule has 0 bridgehead atoms. The van der Waals surface area contributed by atoms with E-state index < -0.39 is 0 Å². The van der Waals surface area contributed by atoms with Gasteiger partial charge in [-0.05, 0) is 104 Å². The Morgan fingerprint density at radius 2 is 1.87 bits per heavy atom. The van der Waals surface area contributed by atoms with Gasteiger partial charge in [-0.25, -0.2) is 4.39 Å². The van der Waals surface area contributed by atoms with E-state index in [0.717, 1.165) is 49.0 Å². The molecule has 166 valence electrons. The van der Waals surface area contributed by atoms with Gasteiger partial charge in [-0.3, -0.25) is 0 Å². The van der Waals surface area contributed by atoms with Crippen molar-refractivity contribution in [3.63, 3.8) is 0 Å². The van der Waals surface area contributed by atoms with Gasteiger partial charge in [0.05, 0.1) is 12.7 Å². The van der Waals surface area contributed by atoms with E-state index in [0.29, 0.717) is 18.6 Å². The summed E-state index contributed by atoms with van der Waals surface area (Å²) in [5, 5.41) is 0. The molecule has 30 heavy (non-hydrogen) atoms. The average molecular weight is 413 g/mol. The molecule has 3 aliphatic carbocycles. The highest BCUT2D eigenvalue weighted by Crippen LogP contribution is 2.47. The molecule has 2 fully saturated rings. The number of rotatable bonds is 8. The summed E-state index contributed by atoms with van der Waals surface area (Å²) in [4.78, 5) is 0. The lowest BCUT2D eigenvalue weighted by atomic mass is 9.65. The largest absolute Gasteiger partial charge is 0.374 e. The van der Waals surface area contributed by atoms with Crippen LogP contribution in [0.3, 0.4) is 0 Å². The smallest absolute Gasteiger partial charge is 0.126 e. The molecule has 3 aliphatic rings. The molecule has 4 rings (SSSR count). The van der Waals surface area contributed by atoms with E-state index >= 15 is 4.39 Å². The van der Waals surface area contributed by atoms with Crippen molar-refractivity contribution in [2.75, 3.05) is 6.61 Å². The van der Waals surface area contributed by atoms with E-state index in [9.17, 15) is 0 Å². The average Bonchev–Trinajstić information content (AvgIpc) is 2.77. The first-order valence-electron chi connectivity index (χ1n) is 12.7. The molecule has 0 N–H and O–H groups in total. The number of ether oxygens (including phenoxy) is 1. The molecule has 5 atom stereocenters. The fourth-order valence-corrected chi connectivity index (χ4v) is 6.60. The van der Waals surface area contributed by atoms with Crippen LogP contribution in [0.4, 0.5) is 4.39 Å². The first-order valence-corrected chi connectivity index (χ1v) is 12.7. The SMILES string of the molecule is C=CCOC1CCC2CC(c3cc4c(cc3F)CC(CCCCC)CC4)CCC2C1. The first-order chi connectivity index (χ1) is 14.7. The minimum absolute atomic E-state index is 0.0782. The Hall–Kier alpha value is -1.15. The zero-order chi connectivity index (χ0) is 20.9. The lowest BCUT2D eigenvalue weighted by molar-refractivity contribution is -0.00325. The van der Waals surface area contributed by atoms with Gasteiger partial charge in [0.15, 0.2) is 0 Å². The van der Waals surface area contributed by atoms with Crippen LogP contribution in [0.25, 0.3) is 0 Å². The second kappa shape index (κ2) is 10.4. The van der Waals surface area contributed by atoms with Crippen LogP contribution in [0.1, 0.15) is 100 Å². The topological polar surface area (TPSA) is 9.23 Å². The molecule has 5 unspecified atom stereocenters. The molecule has 0 aliphatic heterocycles. The minimum atomic E-state index is 0.0782. The number of halogens is 1. The Morgan fingerprint density at radius 3 is 2.70 bits per heavy atom. The fourth-order valence-electron chi connectivity index (χ4n) is 6.60. The lowest BCUT2D eigenvalue weighted by Crippen LogP contribution is -2.34. The van der Waals surface area contributed by atoms with Gasteiger partial charge in [-0.15, -0.1) is 6.58 Å². The van der Waals surface area contributed by atoms with Crippen molar-refractivity contribution in [2.24, 2.45) is 17.8 Å². The van der Waals surface area contributed by atoms with Crippen LogP contribution in [0.5, 0.6) is 0 Å². The van der Waals surface area contributed by atoms with E-state index in [4.69, 9.17) is 4.74 Å². The molecule has 1 nitrogen and oxygen atoms in total. The zero-order valence-corrected chi connectivity index (χ0v) is 19.0. The maximum atomic E-state index is 15.2. The minimum Gasteiger partial charge on any atom is -0.374 e. The van der Waals surface area contributed by atoms with E-state index in [1.165, 1.54) is 68.9 Å². The highest BCUT2D eigenvalue weighted by Gasteiger charge is 2.37. The number of aryl methyl sites for hydroxylation is 1. The van der Waals surface area contributed by atoms with E-state index in [1.54, 1.807) is 0 Å². The standard InChI is InChI=1S/C28H41FO/c1-3-5-6-7-20-8-9-23-18-27(28(29)19-25(23)15-20)24-11-10-22-17-26(30-14-4-2)13-12-21(22)16-24/h4,18-22,24,26H,2-3,5-17H2,1H3. The molecule has 2 heteroatoms. The van der Waals surface area contributed by atoms with Crippen molar-refractivity contribution in [2.45, 2.75) is 102 Å². The second-order valence-corrected chi connectivity index (χ2v) is 10.3. The van der Waals surface area contributed by atoms with Crippen LogP contribution in [0, 0.1) is 23.6 Å². The van der Waals surface area contributed by atoms with Crippen LogP contribution in [0.2, 0.25) is 0 Å². The van der Waals surface area contributed by atoms with E-state index in [-0.39, 0.29) is 5.82 Å². The summed E-state index contributed by atoms with van der Waals surface area (Å²) in [5.41, 5.74) is 3.78. The van der Waals surface area contributed by atoms with Crippen molar-refractivity contribution in [3.05, 3.63) is 47.3 Å². The van der Waals surface area contributed by atoms with Crippen LogP contribution < -0.4 is 0 Å². The number of hydrogen-bond donors (Lipinski definition) is 0. The number of unbranched alkanes of at least 4 members (excludes halogenated alkanes) is 2. The van der Waals surface area contributed by atoms with E-state index in [1.807, 2.05) is 12.1 Å². The predicted octanol–water partition coefficient (Wildman–Crippen LogP) is 7.77. The van der Waals surface area contributed by atoms with Crippen molar-refractivity contribution < 1.29 is 9.13 Å². The Kier molecular flexibility index (Phi) is 7.68. The summed E-state index contributed by atoms with van der Waals surface area (Å²) in [6.07, 6.45) is 18.2.